The molecule has 0 aromatic rings. The van der Waals surface area contributed by atoms with Crippen LogP contribution in [0, 0.1) is 11.8 Å². The Morgan fingerprint density at radius 3 is 2.47 bits per heavy atom. The molecular formula is C14H27NO2. The van der Waals surface area contributed by atoms with E-state index in [-0.39, 0.29) is 5.79 Å². The van der Waals surface area contributed by atoms with Gasteiger partial charge in [0.25, 0.3) is 0 Å². The second-order valence-corrected chi connectivity index (χ2v) is 6.00. The zero-order valence-corrected chi connectivity index (χ0v) is 11.5. The number of ether oxygens (including phenoxy) is 2. The second-order valence-electron chi connectivity index (χ2n) is 6.00. The summed E-state index contributed by atoms with van der Waals surface area (Å²) in [5.74, 6) is 1.42. The quantitative estimate of drug-likeness (QED) is 0.820. The molecule has 3 atom stereocenters. The largest absolute Gasteiger partial charge is 0.348 e. The van der Waals surface area contributed by atoms with Gasteiger partial charge in [-0.05, 0) is 38.0 Å². The van der Waals surface area contributed by atoms with Gasteiger partial charge in [0.05, 0.1) is 13.2 Å². The number of hydrogen-bond acceptors (Lipinski definition) is 3. The fourth-order valence-corrected chi connectivity index (χ4v) is 2.94. The molecule has 1 N–H and O–H groups in total. The van der Waals surface area contributed by atoms with Gasteiger partial charge in [0.1, 0.15) is 0 Å². The van der Waals surface area contributed by atoms with Crippen LogP contribution in [0.5, 0.6) is 0 Å². The molecule has 0 aromatic heterocycles. The van der Waals surface area contributed by atoms with Crippen LogP contribution in [0.1, 0.15) is 46.5 Å². The average molecular weight is 241 g/mol. The molecular weight excluding hydrogens is 214 g/mol. The molecule has 0 amide bonds. The SMILES string of the molecule is C[C@@H]1CC[C@@H](NCCC2(C)OCCO2)C[C@H]1C. The number of hydrogen-bond donors (Lipinski definition) is 1. The third-order valence-electron chi connectivity index (χ3n) is 4.51. The van der Waals surface area contributed by atoms with Crippen LogP contribution in [0.25, 0.3) is 0 Å². The average Bonchev–Trinajstić information content (AvgIpc) is 2.71. The summed E-state index contributed by atoms with van der Waals surface area (Å²) in [6.07, 6.45) is 4.96. The molecule has 17 heavy (non-hydrogen) atoms. The van der Waals surface area contributed by atoms with Gasteiger partial charge in [-0.3, -0.25) is 0 Å². The van der Waals surface area contributed by atoms with Crippen molar-refractivity contribution in [2.75, 3.05) is 19.8 Å². The van der Waals surface area contributed by atoms with Crippen LogP contribution in [0.15, 0.2) is 0 Å². The molecule has 2 aliphatic rings. The van der Waals surface area contributed by atoms with E-state index in [0.29, 0.717) is 6.04 Å². The topological polar surface area (TPSA) is 30.5 Å². The minimum absolute atomic E-state index is 0.333. The van der Waals surface area contributed by atoms with Crippen molar-refractivity contribution in [2.45, 2.75) is 58.3 Å². The predicted molar refractivity (Wildman–Crippen MR) is 68.9 cm³/mol. The third-order valence-corrected chi connectivity index (χ3v) is 4.51. The second kappa shape index (κ2) is 5.68. The lowest BCUT2D eigenvalue weighted by molar-refractivity contribution is -0.145. The molecule has 2 rings (SSSR count). The van der Waals surface area contributed by atoms with Crippen molar-refractivity contribution in [2.24, 2.45) is 11.8 Å². The van der Waals surface area contributed by atoms with Gasteiger partial charge in [-0.15, -0.1) is 0 Å². The lowest BCUT2D eigenvalue weighted by atomic mass is 9.79. The molecule has 2 fully saturated rings. The lowest BCUT2D eigenvalue weighted by Crippen LogP contribution is -2.39. The molecule has 0 aromatic carbocycles. The summed E-state index contributed by atoms with van der Waals surface area (Å²) in [6.45, 7) is 9.30. The first-order chi connectivity index (χ1) is 8.09. The molecule has 0 spiro atoms. The standard InChI is InChI=1S/C14H27NO2/c1-11-4-5-13(10-12(11)2)15-7-6-14(3)16-8-9-17-14/h11-13,15H,4-10H2,1-3H3/t11-,12-,13-/m1/s1. The van der Waals surface area contributed by atoms with Crippen LogP contribution in [0.2, 0.25) is 0 Å². The van der Waals surface area contributed by atoms with Crippen molar-refractivity contribution >= 4 is 0 Å². The van der Waals surface area contributed by atoms with Gasteiger partial charge in [0.2, 0.25) is 0 Å². The summed E-state index contributed by atoms with van der Waals surface area (Å²) in [6, 6.07) is 0.700. The highest BCUT2D eigenvalue weighted by Gasteiger charge is 2.31. The summed E-state index contributed by atoms with van der Waals surface area (Å²) >= 11 is 0. The summed E-state index contributed by atoms with van der Waals surface area (Å²) in [4.78, 5) is 0. The summed E-state index contributed by atoms with van der Waals surface area (Å²) in [7, 11) is 0. The molecule has 0 radical (unpaired) electrons. The van der Waals surface area contributed by atoms with Gasteiger partial charge >= 0.3 is 0 Å². The molecule has 1 aliphatic carbocycles. The third kappa shape index (κ3) is 3.67. The Labute approximate surface area is 105 Å². The van der Waals surface area contributed by atoms with Crippen molar-refractivity contribution in [3.8, 4) is 0 Å². The van der Waals surface area contributed by atoms with Crippen LogP contribution in [0.4, 0.5) is 0 Å². The molecule has 1 saturated carbocycles. The molecule has 1 heterocycles. The molecule has 0 unspecified atom stereocenters. The van der Waals surface area contributed by atoms with Crippen LogP contribution in [-0.2, 0) is 9.47 Å². The zero-order chi connectivity index (χ0) is 12.3. The summed E-state index contributed by atoms with van der Waals surface area (Å²) in [5, 5.41) is 3.66. The Hall–Kier alpha value is -0.120. The zero-order valence-electron chi connectivity index (χ0n) is 11.5. The summed E-state index contributed by atoms with van der Waals surface area (Å²) < 4.78 is 11.2. The van der Waals surface area contributed by atoms with E-state index < -0.39 is 0 Å². The molecule has 1 saturated heterocycles. The summed E-state index contributed by atoms with van der Waals surface area (Å²) in [5.41, 5.74) is 0. The number of nitrogens with one attached hydrogen (secondary N) is 1. The van der Waals surface area contributed by atoms with Crippen LogP contribution >= 0.6 is 0 Å². The highest BCUT2D eigenvalue weighted by Crippen LogP contribution is 2.29. The smallest absolute Gasteiger partial charge is 0.166 e. The van der Waals surface area contributed by atoms with Gasteiger partial charge < -0.3 is 14.8 Å². The van der Waals surface area contributed by atoms with Gasteiger partial charge in [-0.1, -0.05) is 13.8 Å². The highest BCUT2D eigenvalue weighted by atomic mass is 16.7. The Bertz CT molecular complexity index is 238. The fraction of sp³-hybridized carbons (Fsp3) is 1.00. The Morgan fingerprint density at radius 2 is 1.82 bits per heavy atom. The van der Waals surface area contributed by atoms with E-state index in [1.54, 1.807) is 0 Å². The van der Waals surface area contributed by atoms with E-state index >= 15 is 0 Å². The highest BCUT2D eigenvalue weighted by molar-refractivity contribution is 4.80. The van der Waals surface area contributed by atoms with E-state index in [4.69, 9.17) is 9.47 Å². The minimum Gasteiger partial charge on any atom is -0.348 e. The number of rotatable bonds is 4. The van der Waals surface area contributed by atoms with Crippen LogP contribution in [-0.4, -0.2) is 31.6 Å². The monoisotopic (exact) mass is 241 g/mol. The maximum atomic E-state index is 5.61. The predicted octanol–water partition coefficient (Wildman–Crippen LogP) is 2.55. The Kier molecular flexibility index (Phi) is 4.45. The van der Waals surface area contributed by atoms with Crippen molar-refractivity contribution < 1.29 is 9.47 Å². The van der Waals surface area contributed by atoms with Crippen LogP contribution in [0.3, 0.4) is 0 Å². The molecule has 3 nitrogen and oxygen atoms in total. The first kappa shape index (κ1) is 13.3. The maximum absolute atomic E-state index is 5.61. The minimum atomic E-state index is -0.333. The Balaban J connectivity index is 1.65. The maximum Gasteiger partial charge on any atom is 0.166 e. The normalized spacial score (nSPS) is 37.2. The van der Waals surface area contributed by atoms with Crippen molar-refractivity contribution in [1.82, 2.24) is 5.32 Å². The van der Waals surface area contributed by atoms with Gasteiger partial charge in [-0.2, -0.15) is 0 Å². The van der Waals surface area contributed by atoms with Gasteiger partial charge in [0.15, 0.2) is 5.79 Å². The van der Waals surface area contributed by atoms with Crippen LogP contribution < -0.4 is 5.32 Å². The van der Waals surface area contributed by atoms with Crippen molar-refractivity contribution in [1.29, 1.82) is 0 Å². The van der Waals surface area contributed by atoms with E-state index in [2.05, 4.69) is 19.2 Å². The van der Waals surface area contributed by atoms with Gasteiger partial charge in [0, 0.05) is 19.0 Å². The Morgan fingerprint density at radius 1 is 1.12 bits per heavy atom. The van der Waals surface area contributed by atoms with E-state index in [9.17, 15) is 0 Å². The van der Waals surface area contributed by atoms with E-state index in [0.717, 1.165) is 38.0 Å². The van der Waals surface area contributed by atoms with E-state index in [1.165, 1.54) is 19.3 Å². The fourth-order valence-electron chi connectivity index (χ4n) is 2.94. The van der Waals surface area contributed by atoms with Crippen molar-refractivity contribution in [3.05, 3.63) is 0 Å². The first-order valence-electron chi connectivity index (χ1n) is 7.10. The van der Waals surface area contributed by atoms with Gasteiger partial charge in [-0.25, -0.2) is 0 Å². The first-order valence-corrected chi connectivity index (χ1v) is 7.10. The van der Waals surface area contributed by atoms with Crippen molar-refractivity contribution in [3.63, 3.8) is 0 Å². The molecule has 0 bridgehead atoms. The van der Waals surface area contributed by atoms with E-state index in [1.807, 2.05) is 6.92 Å². The molecule has 3 heteroatoms. The lowest BCUT2D eigenvalue weighted by Gasteiger charge is -2.33. The molecule has 100 valence electrons. The molecule has 1 aliphatic heterocycles.